The van der Waals surface area contributed by atoms with Crippen molar-refractivity contribution in [2.75, 3.05) is 26.3 Å². The highest BCUT2D eigenvalue weighted by Crippen LogP contribution is 2.35. The second-order valence-corrected chi connectivity index (χ2v) is 8.78. The maximum Gasteiger partial charge on any atom is 0.226 e. The Labute approximate surface area is 179 Å². The van der Waals surface area contributed by atoms with E-state index in [0.29, 0.717) is 45.6 Å². The largest absolute Gasteiger partial charge is 0.381 e. The monoisotopic (exact) mass is 418 g/mol. The third-order valence-corrected chi connectivity index (χ3v) is 6.86. The second-order valence-electron chi connectivity index (χ2n) is 8.78. The Morgan fingerprint density at radius 1 is 1.13 bits per heavy atom. The first-order valence-electron chi connectivity index (χ1n) is 11.4. The molecule has 1 N–H and O–H groups in total. The van der Waals surface area contributed by atoms with E-state index >= 15 is 0 Å². The predicted molar refractivity (Wildman–Crippen MR) is 114 cm³/mol. The van der Waals surface area contributed by atoms with E-state index in [1.165, 1.54) is 12.1 Å². The second kappa shape index (κ2) is 10.4. The summed E-state index contributed by atoms with van der Waals surface area (Å²) in [6, 6.07) is 6.53. The van der Waals surface area contributed by atoms with Gasteiger partial charge in [-0.1, -0.05) is 26.0 Å². The lowest BCUT2D eigenvalue weighted by atomic mass is 9.74. The van der Waals surface area contributed by atoms with Crippen molar-refractivity contribution in [1.82, 2.24) is 10.2 Å². The highest BCUT2D eigenvalue weighted by Gasteiger charge is 2.41. The first kappa shape index (κ1) is 22.7. The average Bonchev–Trinajstić information content (AvgIpc) is 2.77. The highest BCUT2D eigenvalue weighted by molar-refractivity contribution is 5.83. The fraction of sp³-hybridized carbons (Fsp3) is 0.667. The van der Waals surface area contributed by atoms with Gasteiger partial charge in [-0.05, 0) is 62.6 Å². The molecule has 0 aliphatic carbocycles. The van der Waals surface area contributed by atoms with E-state index < -0.39 is 5.41 Å². The van der Waals surface area contributed by atoms with Crippen LogP contribution < -0.4 is 5.32 Å². The minimum absolute atomic E-state index is 0.0693. The minimum Gasteiger partial charge on any atom is -0.381 e. The van der Waals surface area contributed by atoms with Gasteiger partial charge in [0.05, 0.1) is 5.41 Å². The molecule has 30 heavy (non-hydrogen) atoms. The minimum atomic E-state index is -0.515. The molecular weight excluding hydrogens is 383 g/mol. The molecule has 0 atom stereocenters. The zero-order valence-electron chi connectivity index (χ0n) is 18.3. The molecule has 0 saturated carbocycles. The fourth-order valence-corrected chi connectivity index (χ4v) is 4.72. The smallest absolute Gasteiger partial charge is 0.226 e. The quantitative estimate of drug-likeness (QED) is 0.734. The third-order valence-electron chi connectivity index (χ3n) is 6.86. The molecule has 0 spiro atoms. The molecule has 2 aliphatic rings. The van der Waals surface area contributed by atoms with Gasteiger partial charge in [-0.25, -0.2) is 4.39 Å². The van der Waals surface area contributed by atoms with Crippen LogP contribution in [0.2, 0.25) is 0 Å². The van der Waals surface area contributed by atoms with Gasteiger partial charge >= 0.3 is 0 Å². The van der Waals surface area contributed by atoms with Crippen molar-refractivity contribution in [3.8, 4) is 0 Å². The molecular formula is C24H35FN2O3. The van der Waals surface area contributed by atoms with Crippen molar-refractivity contribution < 1.29 is 18.7 Å². The summed E-state index contributed by atoms with van der Waals surface area (Å²) in [6.45, 7) is 6.66. The van der Waals surface area contributed by atoms with Crippen LogP contribution in [0.1, 0.15) is 57.9 Å². The molecule has 0 radical (unpaired) electrons. The molecule has 2 saturated heterocycles. The van der Waals surface area contributed by atoms with Gasteiger partial charge in [-0.3, -0.25) is 9.59 Å². The van der Waals surface area contributed by atoms with Crippen LogP contribution in [0.15, 0.2) is 24.3 Å². The molecule has 6 heteroatoms. The predicted octanol–water partition coefficient (Wildman–Crippen LogP) is 3.71. The van der Waals surface area contributed by atoms with Gasteiger partial charge in [0.1, 0.15) is 5.82 Å². The summed E-state index contributed by atoms with van der Waals surface area (Å²) in [4.78, 5) is 27.9. The zero-order chi connectivity index (χ0) is 21.6. The normalized spacial score (nSPS) is 19.7. The van der Waals surface area contributed by atoms with Crippen LogP contribution in [0.4, 0.5) is 4.39 Å². The summed E-state index contributed by atoms with van der Waals surface area (Å²) >= 11 is 0. The van der Waals surface area contributed by atoms with Crippen LogP contribution in [0, 0.1) is 17.2 Å². The number of hydrogen-bond acceptors (Lipinski definition) is 3. The van der Waals surface area contributed by atoms with Crippen LogP contribution in [0.25, 0.3) is 0 Å². The van der Waals surface area contributed by atoms with Crippen LogP contribution in [0.5, 0.6) is 0 Å². The summed E-state index contributed by atoms with van der Waals surface area (Å²) in [5.41, 5.74) is 0.456. The lowest BCUT2D eigenvalue weighted by Gasteiger charge is -2.39. The number of carbonyl (C=O) groups excluding carboxylic acids is 2. The number of ether oxygens (including phenoxy) is 1. The van der Waals surface area contributed by atoms with Gasteiger partial charge in [0.15, 0.2) is 0 Å². The standard InChI is InChI=1S/C24H35FN2O3/c1-3-19(4-2)22(28)27-13-9-21(10-14-27)26-23(29)24(11-15-30-16-12-24)17-18-5-7-20(25)8-6-18/h5-8,19,21H,3-4,9-17H2,1-2H3,(H,26,29). The van der Waals surface area contributed by atoms with Crippen molar-refractivity contribution in [1.29, 1.82) is 0 Å². The van der Waals surface area contributed by atoms with Crippen LogP contribution in [-0.4, -0.2) is 49.1 Å². The molecule has 3 rings (SSSR count). The molecule has 1 aromatic carbocycles. The van der Waals surface area contributed by atoms with E-state index in [1.54, 1.807) is 12.1 Å². The van der Waals surface area contributed by atoms with Crippen molar-refractivity contribution in [2.24, 2.45) is 11.3 Å². The molecule has 166 valence electrons. The molecule has 2 heterocycles. The molecule has 1 aromatic rings. The van der Waals surface area contributed by atoms with Crippen molar-refractivity contribution in [3.63, 3.8) is 0 Å². The average molecular weight is 419 g/mol. The molecule has 2 amide bonds. The number of hydrogen-bond donors (Lipinski definition) is 1. The number of nitrogens with zero attached hydrogens (tertiary/aromatic N) is 1. The van der Waals surface area contributed by atoms with Gasteiger partial charge in [0.25, 0.3) is 0 Å². The molecule has 0 aromatic heterocycles. The summed E-state index contributed by atoms with van der Waals surface area (Å²) < 4.78 is 18.8. The molecule has 2 fully saturated rings. The van der Waals surface area contributed by atoms with Crippen LogP contribution >= 0.6 is 0 Å². The Balaban J connectivity index is 1.60. The van der Waals surface area contributed by atoms with Crippen molar-refractivity contribution in [2.45, 2.75) is 64.8 Å². The number of carbonyl (C=O) groups is 2. The summed E-state index contributed by atoms with van der Waals surface area (Å²) in [5, 5.41) is 3.27. The molecule has 0 unspecified atom stereocenters. The van der Waals surface area contributed by atoms with Gasteiger partial charge in [-0.2, -0.15) is 0 Å². The van der Waals surface area contributed by atoms with Crippen LogP contribution in [0.3, 0.4) is 0 Å². The number of piperidine rings is 1. The number of nitrogens with one attached hydrogen (secondary N) is 1. The zero-order valence-corrected chi connectivity index (χ0v) is 18.3. The van der Waals surface area contributed by atoms with Crippen molar-refractivity contribution in [3.05, 3.63) is 35.6 Å². The molecule has 5 nitrogen and oxygen atoms in total. The Morgan fingerprint density at radius 3 is 2.30 bits per heavy atom. The maximum absolute atomic E-state index is 13.4. The number of rotatable bonds is 7. The summed E-state index contributed by atoms with van der Waals surface area (Å²) in [7, 11) is 0. The van der Waals surface area contributed by atoms with E-state index in [0.717, 1.165) is 31.2 Å². The van der Waals surface area contributed by atoms with E-state index in [4.69, 9.17) is 4.74 Å². The molecule has 2 aliphatic heterocycles. The Bertz CT molecular complexity index is 704. The number of likely N-dealkylation sites (tertiary alicyclic amines) is 1. The van der Waals surface area contributed by atoms with E-state index in [9.17, 15) is 14.0 Å². The Kier molecular flexibility index (Phi) is 7.87. The van der Waals surface area contributed by atoms with Gasteiger partial charge in [0, 0.05) is 38.3 Å². The van der Waals surface area contributed by atoms with Crippen molar-refractivity contribution >= 4 is 11.8 Å². The maximum atomic E-state index is 13.4. The molecule has 0 bridgehead atoms. The SMILES string of the molecule is CCC(CC)C(=O)N1CCC(NC(=O)C2(Cc3ccc(F)cc3)CCOCC2)CC1. The Morgan fingerprint density at radius 2 is 1.73 bits per heavy atom. The van der Waals surface area contributed by atoms with E-state index in [-0.39, 0.29) is 29.6 Å². The summed E-state index contributed by atoms with van der Waals surface area (Å²) in [5.74, 6) is 0.165. The number of benzene rings is 1. The lowest BCUT2D eigenvalue weighted by molar-refractivity contribution is -0.139. The first-order chi connectivity index (χ1) is 14.5. The summed E-state index contributed by atoms with van der Waals surface area (Å²) in [6.07, 6.45) is 5.26. The first-order valence-corrected chi connectivity index (χ1v) is 11.4. The van der Waals surface area contributed by atoms with E-state index in [1.807, 2.05) is 4.90 Å². The fourth-order valence-electron chi connectivity index (χ4n) is 4.72. The third kappa shape index (κ3) is 5.39. The topological polar surface area (TPSA) is 58.6 Å². The number of amides is 2. The van der Waals surface area contributed by atoms with Gasteiger partial charge < -0.3 is 15.0 Å². The lowest BCUT2D eigenvalue weighted by Crippen LogP contribution is -2.53. The highest BCUT2D eigenvalue weighted by atomic mass is 19.1. The Hall–Kier alpha value is -1.95. The van der Waals surface area contributed by atoms with Crippen LogP contribution in [-0.2, 0) is 20.7 Å². The van der Waals surface area contributed by atoms with Gasteiger partial charge in [0.2, 0.25) is 11.8 Å². The van der Waals surface area contributed by atoms with E-state index in [2.05, 4.69) is 19.2 Å². The number of halogens is 1. The van der Waals surface area contributed by atoms with Gasteiger partial charge in [-0.15, -0.1) is 0 Å².